The molecule has 0 saturated carbocycles. The van der Waals surface area contributed by atoms with E-state index in [0.717, 1.165) is 18.7 Å². The van der Waals surface area contributed by atoms with Crippen LogP contribution in [-0.2, 0) is 21.3 Å². The third kappa shape index (κ3) is 4.39. The summed E-state index contributed by atoms with van der Waals surface area (Å²) in [6.45, 7) is 2.40. The lowest BCUT2D eigenvalue weighted by Gasteiger charge is -2.23. The zero-order valence-corrected chi connectivity index (χ0v) is 11.1. The average Bonchev–Trinajstić information content (AvgIpc) is 2.33. The predicted molar refractivity (Wildman–Crippen MR) is 70.8 cm³/mol. The first kappa shape index (κ1) is 13.0. The lowest BCUT2D eigenvalue weighted by Crippen LogP contribution is -2.41. The molecule has 1 N–H and O–H groups in total. The molecule has 2 unspecified atom stereocenters. The summed E-state index contributed by atoms with van der Waals surface area (Å²) < 4.78 is 17.5. The molecule has 5 heteroatoms. The second-order valence-corrected chi connectivity index (χ2v) is 6.01. The Morgan fingerprint density at radius 3 is 2.82 bits per heavy atom. The Morgan fingerprint density at radius 2 is 2.18 bits per heavy atom. The fraction of sp³-hybridized carbons (Fsp3) is 0.500. The third-order valence-electron chi connectivity index (χ3n) is 2.62. The van der Waals surface area contributed by atoms with Crippen LogP contribution < -0.4 is 5.32 Å². The summed E-state index contributed by atoms with van der Waals surface area (Å²) >= 11 is 5.80. The van der Waals surface area contributed by atoms with E-state index in [9.17, 15) is 4.21 Å². The summed E-state index contributed by atoms with van der Waals surface area (Å²) in [5, 5.41) is 3.94. The third-order valence-corrected chi connectivity index (χ3v) is 4.27. The Labute approximate surface area is 109 Å². The fourth-order valence-electron chi connectivity index (χ4n) is 1.76. The summed E-state index contributed by atoms with van der Waals surface area (Å²) in [5.41, 5.74) is 1.05. The van der Waals surface area contributed by atoms with Crippen LogP contribution in [-0.4, -0.2) is 35.8 Å². The lowest BCUT2D eigenvalue weighted by atomic mass is 10.2. The molecule has 0 bridgehead atoms. The van der Waals surface area contributed by atoms with Gasteiger partial charge in [-0.2, -0.15) is 0 Å². The first-order valence-corrected chi connectivity index (χ1v) is 7.52. The highest BCUT2D eigenvalue weighted by Crippen LogP contribution is 2.12. The quantitative estimate of drug-likeness (QED) is 0.905. The van der Waals surface area contributed by atoms with E-state index < -0.39 is 10.8 Å². The minimum absolute atomic E-state index is 0.0804. The Bertz CT molecular complexity index is 377. The molecule has 3 nitrogen and oxygen atoms in total. The molecule has 1 aromatic rings. The van der Waals surface area contributed by atoms with Gasteiger partial charge in [-0.15, -0.1) is 0 Å². The second-order valence-electron chi connectivity index (χ2n) is 4.07. The number of ether oxygens (including phenoxy) is 1. The van der Waals surface area contributed by atoms with Gasteiger partial charge in [-0.1, -0.05) is 23.7 Å². The smallest absolute Gasteiger partial charge is 0.0815 e. The molecule has 0 aliphatic carbocycles. The molecule has 0 aromatic heterocycles. The van der Waals surface area contributed by atoms with Crippen LogP contribution >= 0.6 is 11.6 Å². The van der Waals surface area contributed by atoms with Crippen LogP contribution in [0.5, 0.6) is 0 Å². The van der Waals surface area contributed by atoms with Crippen LogP contribution in [0.3, 0.4) is 0 Å². The lowest BCUT2D eigenvalue weighted by molar-refractivity contribution is 0.0435. The van der Waals surface area contributed by atoms with E-state index >= 15 is 0 Å². The van der Waals surface area contributed by atoms with Crippen molar-refractivity contribution >= 4 is 22.4 Å². The number of halogens is 1. The van der Waals surface area contributed by atoms with E-state index in [1.54, 1.807) is 0 Å². The summed E-state index contributed by atoms with van der Waals surface area (Å²) in [7, 11) is -0.883. The topological polar surface area (TPSA) is 38.3 Å². The number of rotatable bonds is 4. The SMILES string of the molecule is O=S(Cc1ccc(Cl)cc1)CC1CNCCO1. The van der Waals surface area contributed by atoms with Crippen molar-refractivity contribution in [3.63, 3.8) is 0 Å². The minimum atomic E-state index is -0.883. The van der Waals surface area contributed by atoms with Crippen molar-refractivity contribution < 1.29 is 8.95 Å². The molecule has 2 rings (SSSR count). The monoisotopic (exact) mass is 273 g/mol. The Balaban J connectivity index is 1.82. The molecule has 94 valence electrons. The molecule has 0 radical (unpaired) electrons. The molecule has 1 heterocycles. The normalized spacial score (nSPS) is 22.3. The van der Waals surface area contributed by atoms with E-state index in [1.165, 1.54) is 0 Å². The highest BCUT2D eigenvalue weighted by atomic mass is 35.5. The maximum absolute atomic E-state index is 11.9. The van der Waals surface area contributed by atoms with Crippen molar-refractivity contribution in [2.45, 2.75) is 11.9 Å². The first-order valence-electron chi connectivity index (χ1n) is 5.66. The van der Waals surface area contributed by atoms with Gasteiger partial charge < -0.3 is 10.1 Å². The highest BCUT2D eigenvalue weighted by Gasteiger charge is 2.16. The summed E-state index contributed by atoms with van der Waals surface area (Å²) in [6, 6.07) is 7.49. The molecular formula is C12H16ClNO2S. The molecule has 17 heavy (non-hydrogen) atoms. The molecule has 2 atom stereocenters. The molecule has 1 saturated heterocycles. The van der Waals surface area contributed by atoms with E-state index in [2.05, 4.69) is 5.32 Å². The van der Waals surface area contributed by atoms with Gasteiger partial charge in [-0.25, -0.2) is 0 Å². The minimum Gasteiger partial charge on any atom is -0.375 e. The van der Waals surface area contributed by atoms with Crippen molar-refractivity contribution in [1.82, 2.24) is 5.32 Å². The Morgan fingerprint density at radius 1 is 1.41 bits per heavy atom. The molecular weight excluding hydrogens is 258 g/mol. The van der Waals surface area contributed by atoms with E-state index in [-0.39, 0.29) is 6.10 Å². The summed E-state index contributed by atoms with van der Waals surface area (Å²) in [4.78, 5) is 0. The summed E-state index contributed by atoms with van der Waals surface area (Å²) in [6.07, 6.45) is 0.0804. The summed E-state index contributed by atoms with van der Waals surface area (Å²) in [5.74, 6) is 1.16. The number of morpholine rings is 1. The number of hydrogen-bond donors (Lipinski definition) is 1. The zero-order chi connectivity index (χ0) is 12.1. The fourth-order valence-corrected chi connectivity index (χ4v) is 3.20. The first-order chi connectivity index (χ1) is 8.24. The van der Waals surface area contributed by atoms with E-state index in [4.69, 9.17) is 16.3 Å². The van der Waals surface area contributed by atoms with Gasteiger partial charge >= 0.3 is 0 Å². The van der Waals surface area contributed by atoms with Crippen molar-refractivity contribution in [3.05, 3.63) is 34.9 Å². The van der Waals surface area contributed by atoms with Crippen LogP contribution in [0.25, 0.3) is 0 Å². The molecule has 1 aliphatic rings. The largest absolute Gasteiger partial charge is 0.375 e. The van der Waals surface area contributed by atoms with E-state index in [0.29, 0.717) is 23.1 Å². The van der Waals surface area contributed by atoms with Gasteiger partial charge in [0.25, 0.3) is 0 Å². The predicted octanol–water partition coefficient (Wildman–Crippen LogP) is 1.58. The van der Waals surface area contributed by atoms with Gasteiger partial charge in [-0.05, 0) is 17.7 Å². The van der Waals surface area contributed by atoms with Gasteiger partial charge in [-0.3, -0.25) is 4.21 Å². The zero-order valence-electron chi connectivity index (χ0n) is 9.52. The molecule has 1 fully saturated rings. The van der Waals surface area contributed by atoms with Crippen molar-refractivity contribution in [1.29, 1.82) is 0 Å². The van der Waals surface area contributed by atoms with E-state index in [1.807, 2.05) is 24.3 Å². The van der Waals surface area contributed by atoms with Gasteiger partial charge in [0.05, 0.1) is 18.5 Å². The number of nitrogens with one attached hydrogen (secondary N) is 1. The average molecular weight is 274 g/mol. The Kier molecular flexibility index (Phi) is 4.98. The maximum atomic E-state index is 11.9. The Hall–Kier alpha value is -0.420. The highest BCUT2D eigenvalue weighted by molar-refractivity contribution is 7.84. The van der Waals surface area contributed by atoms with Gasteiger partial charge in [0.15, 0.2) is 0 Å². The van der Waals surface area contributed by atoms with Gasteiger partial charge in [0, 0.05) is 34.7 Å². The van der Waals surface area contributed by atoms with Gasteiger partial charge in [0.1, 0.15) is 0 Å². The van der Waals surface area contributed by atoms with Crippen molar-refractivity contribution in [3.8, 4) is 0 Å². The van der Waals surface area contributed by atoms with Crippen LogP contribution in [0.1, 0.15) is 5.56 Å². The molecule has 1 aromatic carbocycles. The van der Waals surface area contributed by atoms with Crippen LogP contribution in [0, 0.1) is 0 Å². The van der Waals surface area contributed by atoms with Crippen LogP contribution in [0.4, 0.5) is 0 Å². The number of hydrogen-bond acceptors (Lipinski definition) is 3. The molecule has 0 amide bonds. The molecule has 1 aliphatic heterocycles. The van der Waals surface area contributed by atoms with Crippen molar-refractivity contribution in [2.24, 2.45) is 0 Å². The molecule has 0 spiro atoms. The maximum Gasteiger partial charge on any atom is 0.0815 e. The van der Waals surface area contributed by atoms with Gasteiger partial charge in [0.2, 0.25) is 0 Å². The van der Waals surface area contributed by atoms with Crippen molar-refractivity contribution in [2.75, 3.05) is 25.4 Å². The number of benzene rings is 1. The second kappa shape index (κ2) is 6.50. The standard InChI is InChI=1S/C12H16ClNO2S/c13-11-3-1-10(2-4-11)8-17(15)9-12-7-14-5-6-16-12/h1-4,12,14H,5-9H2. The van der Waals surface area contributed by atoms with Crippen LogP contribution in [0.2, 0.25) is 5.02 Å². The van der Waals surface area contributed by atoms with Crippen LogP contribution in [0.15, 0.2) is 24.3 Å².